The Balaban J connectivity index is 1.51. The van der Waals surface area contributed by atoms with Crippen LogP contribution >= 0.6 is 11.3 Å². The molecule has 12 heteroatoms. The molecule has 1 atom stereocenters. The number of rotatable bonds is 6. The quantitative estimate of drug-likeness (QED) is 0.266. The molecule has 4 aromatic rings. The largest absolute Gasteiger partial charge is 0.378 e. The molecule has 2 aliphatic heterocycles. The number of nitro benzene ring substituents is 1. The number of halogens is 1. The first-order valence-electron chi connectivity index (χ1n) is 13.6. The molecule has 43 heavy (non-hydrogen) atoms. The molecule has 1 fully saturated rings. The van der Waals surface area contributed by atoms with E-state index in [0.717, 1.165) is 17.0 Å². The van der Waals surface area contributed by atoms with E-state index < -0.39 is 28.2 Å². The highest BCUT2D eigenvalue weighted by molar-refractivity contribution is 7.07. The van der Waals surface area contributed by atoms with Crippen LogP contribution in [0.3, 0.4) is 0 Å². The van der Waals surface area contributed by atoms with Gasteiger partial charge in [0.15, 0.2) is 4.80 Å². The molecule has 1 amide bonds. The van der Waals surface area contributed by atoms with Crippen LogP contribution in [0.5, 0.6) is 0 Å². The zero-order valence-corrected chi connectivity index (χ0v) is 23.8. The van der Waals surface area contributed by atoms with Crippen LogP contribution in [-0.4, -0.2) is 41.7 Å². The summed E-state index contributed by atoms with van der Waals surface area (Å²) in [6, 6.07) is 18.3. The number of carbonyl (C=O) groups excluding carboxylic acids is 1. The molecule has 0 bridgehead atoms. The van der Waals surface area contributed by atoms with Crippen LogP contribution in [0.4, 0.5) is 21.5 Å². The van der Waals surface area contributed by atoms with Gasteiger partial charge in [0.2, 0.25) is 0 Å². The number of hydrogen-bond acceptors (Lipinski definition) is 8. The molecule has 0 aliphatic carbocycles. The molecule has 218 valence electrons. The highest BCUT2D eigenvalue weighted by atomic mass is 32.1. The van der Waals surface area contributed by atoms with E-state index in [0.29, 0.717) is 58.1 Å². The van der Waals surface area contributed by atoms with E-state index in [-0.39, 0.29) is 11.3 Å². The highest BCUT2D eigenvalue weighted by Gasteiger charge is 2.32. The van der Waals surface area contributed by atoms with Gasteiger partial charge in [-0.15, -0.1) is 0 Å². The number of para-hydroxylation sites is 1. The van der Waals surface area contributed by atoms with E-state index in [4.69, 9.17) is 4.74 Å². The number of nitrogens with one attached hydrogen (secondary N) is 1. The SMILES string of the molecule is CC1=C(C(=O)Nc2ccccc2)C(c2ccc(F)cc2)n2c(sc(=Cc3cc([N+](=O)[O-])ccc3N3CCOCC3)c2=O)=N1. The summed E-state index contributed by atoms with van der Waals surface area (Å²) in [4.78, 5) is 46.0. The summed E-state index contributed by atoms with van der Waals surface area (Å²) in [6.45, 7) is 3.93. The molecule has 0 saturated carbocycles. The summed E-state index contributed by atoms with van der Waals surface area (Å²) in [5.74, 6) is -0.891. The smallest absolute Gasteiger partial charge is 0.271 e. The molecule has 3 heterocycles. The predicted molar refractivity (Wildman–Crippen MR) is 161 cm³/mol. The maximum absolute atomic E-state index is 14.1. The summed E-state index contributed by atoms with van der Waals surface area (Å²) in [6.07, 6.45) is 1.63. The Morgan fingerprint density at radius 1 is 1.12 bits per heavy atom. The first kappa shape index (κ1) is 28.2. The number of nitro groups is 1. The molecule has 1 aromatic heterocycles. The number of non-ortho nitro benzene ring substituents is 1. The van der Waals surface area contributed by atoms with Crippen LogP contribution in [0.15, 0.2) is 93.9 Å². The maximum Gasteiger partial charge on any atom is 0.271 e. The molecule has 1 saturated heterocycles. The van der Waals surface area contributed by atoms with E-state index in [2.05, 4.69) is 15.2 Å². The molecule has 10 nitrogen and oxygen atoms in total. The van der Waals surface area contributed by atoms with Crippen molar-refractivity contribution in [1.82, 2.24) is 4.57 Å². The van der Waals surface area contributed by atoms with Crippen LogP contribution in [0.2, 0.25) is 0 Å². The number of thiazole rings is 1. The van der Waals surface area contributed by atoms with Gasteiger partial charge in [0, 0.05) is 42.2 Å². The third-order valence-corrected chi connectivity index (χ3v) is 8.33. The van der Waals surface area contributed by atoms with Crippen molar-refractivity contribution < 1.29 is 18.8 Å². The molecular formula is C31H26FN5O5S. The Bertz CT molecular complexity index is 1930. The van der Waals surface area contributed by atoms with Gasteiger partial charge < -0.3 is 15.0 Å². The summed E-state index contributed by atoms with van der Waals surface area (Å²) >= 11 is 1.12. The minimum absolute atomic E-state index is 0.101. The van der Waals surface area contributed by atoms with Gasteiger partial charge in [-0.25, -0.2) is 9.38 Å². The van der Waals surface area contributed by atoms with Crippen LogP contribution in [0.1, 0.15) is 24.1 Å². The van der Waals surface area contributed by atoms with Crippen LogP contribution < -0.4 is 25.1 Å². The predicted octanol–water partition coefficient (Wildman–Crippen LogP) is 3.76. The Hall–Kier alpha value is -4.94. The van der Waals surface area contributed by atoms with Crippen LogP contribution in [0, 0.1) is 15.9 Å². The molecule has 1 N–H and O–H groups in total. The Labute approximate surface area is 248 Å². The van der Waals surface area contributed by atoms with Crippen molar-refractivity contribution in [3.63, 3.8) is 0 Å². The van der Waals surface area contributed by atoms with Gasteiger partial charge in [0.05, 0.1) is 40.0 Å². The molecule has 0 radical (unpaired) electrons. The fourth-order valence-electron chi connectivity index (χ4n) is 5.30. The third kappa shape index (κ3) is 5.62. The second-order valence-corrected chi connectivity index (χ2v) is 11.1. The third-order valence-electron chi connectivity index (χ3n) is 7.34. The number of fused-ring (bicyclic) bond motifs is 1. The van der Waals surface area contributed by atoms with E-state index in [1.165, 1.54) is 28.8 Å². The van der Waals surface area contributed by atoms with E-state index in [1.54, 1.807) is 55.5 Å². The minimum atomic E-state index is -0.883. The van der Waals surface area contributed by atoms with Crippen molar-refractivity contribution in [1.29, 1.82) is 0 Å². The van der Waals surface area contributed by atoms with Gasteiger partial charge in [0.1, 0.15) is 5.82 Å². The summed E-state index contributed by atoms with van der Waals surface area (Å²) in [5, 5.41) is 14.5. The number of allylic oxidation sites excluding steroid dienone is 1. The van der Waals surface area contributed by atoms with Crippen molar-refractivity contribution in [3.8, 4) is 0 Å². The van der Waals surface area contributed by atoms with Gasteiger partial charge in [0.25, 0.3) is 17.2 Å². The van der Waals surface area contributed by atoms with Gasteiger partial charge in [-0.2, -0.15) is 0 Å². The Morgan fingerprint density at radius 2 is 1.84 bits per heavy atom. The highest BCUT2D eigenvalue weighted by Crippen LogP contribution is 2.31. The number of anilines is 2. The number of morpholine rings is 1. The maximum atomic E-state index is 14.1. The summed E-state index contributed by atoms with van der Waals surface area (Å²) < 4.78 is 21.1. The van der Waals surface area contributed by atoms with Crippen molar-refractivity contribution in [2.75, 3.05) is 36.5 Å². The Morgan fingerprint density at radius 3 is 2.53 bits per heavy atom. The van der Waals surface area contributed by atoms with Crippen molar-refractivity contribution >= 4 is 40.4 Å². The van der Waals surface area contributed by atoms with Gasteiger partial charge in [-0.3, -0.25) is 24.3 Å². The van der Waals surface area contributed by atoms with Gasteiger partial charge in [-0.1, -0.05) is 41.7 Å². The second kappa shape index (κ2) is 11.7. The van der Waals surface area contributed by atoms with Crippen molar-refractivity contribution in [2.45, 2.75) is 13.0 Å². The standard InChI is InChI=1S/C31H26FN5O5S/c1-19-27(29(38)34-23-5-3-2-4-6-23)28(20-7-9-22(32)10-8-20)36-30(39)26(43-31(36)33-19)18-21-17-24(37(40)41)11-12-25(21)35-13-15-42-16-14-35/h2-12,17-18,28H,13-16H2,1H3,(H,34,38). The normalized spacial score (nSPS) is 16.9. The molecule has 3 aromatic carbocycles. The number of ether oxygens (including phenoxy) is 1. The van der Waals surface area contributed by atoms with Crippen LogP contribution in [0.25, 0.3) is 6.08 Å². The lowest BCUT2D eigenvalue weighted by Gasteiger charge is -2.30. The fraction of sp³-hybridized carbons (Fsp3) is 0.194. The number of carbonyl (C=O) groups is 1. The second-order valence-electron chi connectivity index (χ2n) is 10.1. The molecule has 2 aliphatic rings. The monoisotopic (exact) mass is 599 g/mol. The molecule has 6 rings (SSSR count). The summed E-state index contributed by atoms with van der Waals surface area (Å²) in [5.41, 5.74) is 2.51. The fourth-order valence-corrected chi connectivity index (χ4v) is 6.33. The van der Waals surface area contributed by atoms with E-state index in [1.807, 2.05) is 6.07 Å². The average Bonchev–Trinajstić information content (AvgIpc) is 3.31. The minimum Gasteiger partial charge on any atom is -0.378 e. The lowest BCUT2D eigenvalue weighted by Crippen LogP contribution is -2.40. The van der Waals surface area contributed by atoms with Gasteiger partial charge in [-0.05, 0) is 48.9 Å². The lowest BCUT2D eigenvalue weighted by atomic mass is 9.95. The van der Waals surface area contributed by atoms with Crippen molar-refractivity contribution in [3.05, 3.63) is 131 Å². The molecule has 1 unspecified atom stereocenters. The summed E-state index contributed by atoms with van der Waals surface area (Å²) in [7, 11) is 0. The molecular weight excluding hydrogens is 573 g/mol. The first-order chi connectivity index (χ1) is 20.8. The molecule has 0 spiro atoms. The number of hydrogen-bond donors (Lipinski definition) is 1. The van der Waals surface area contributed by atoms with E-state index in [9.17, 15) is 24.1 Å². The zero-order chi connectivity index (χ0) is 30.1. The average molecular weight is 600 g/mol. The van der Waals surface area contributed by atoms with Crippen LogP contribution in [-0.2, 0) is 9.53 Å². The zero-order valence-electron chi connectivity index (χ0n) is 23.0. The number of benzene rings is 3. The van der Waals surface area contributed by atoms with E-state index >= 15 is 0 Å². The number of nitrogens with zero attached hydrogens (tertiary/aromatic N) is 4. The van der Waals surface area contributed by atoms with Crippen molar-refractivity contribution in [2.24, 2.45) is 4.99 Å². The topological polar surface area (TPSA) is 119 Å². The lowest BCUT2D eigenvalue weighted by molar-refractivity contribution is -0.384. The number of aromatic nitrogens is 1. The Kier molecular flexibility index (Phi) is 7.70. The number of amides is 1. The van der Waals surface area contributed by atoms with Gasteiger partial charge >= 0.3 is 0 Å². The first-order valence-corrected chi connectivity index (χ1v) is 14.4.